The maximum absolute atomic E-state index is 13.7. The van der Waals surface area contributed by atoms with Gasteiger partial charge in [-0.3, -0.25) is 4.79 Å². The molecule has 2 aromatic rings. The summed E-state index contributed by atoms with van der Waals surface area (Å²) in [5.74, 6) is -0.484. The minimum absolute atomic E-state index is 0.00914. The van der Waals surface area contributed by atoms with Gasteiger partial charge in [0, 0.05) is 6.54 Å². The number of nitrogens with zero attached hydrogens (tertiary/aromatic N) is 1. The van der Waals surface area contributed by atoms with Crippen LogP contribution in [0.4, 0.5) is 9.18 Å². The summed E-state index contributed by atoms with van der Waals surface area (Å²) in [5.41, 5.74) is 1.33. The quantitative estimate of drug-likeness (QED) is 0.691. The van der Waals surface area contributed by atoms with Crippen LogP contribution in [0.3, 0.4) is 0 Å². The summed E-state index contributed by atoms with van der Waals surface area (Å²) in [7, 11) is 0. The molecule has 35 heavy (non-hydrogen) atoms. The highest BCUT2D eigenvalue weighted by Crippen LogP contribution is 2.37. The number of amides is 2. The summed E-state index contributed by atoms with van der Waals surface area (Å²) in [6.45, 7) is 5.46. The number of aliphatic hydroxyl groups excluding tert-OH is 1. The van der Waals surface area contributed by atoms with Gasteiger partial charge in [-0.1, -0.05) is 36.4 Å². The zero-order chi connectivity index (χ0) is 25.2. The van der Waals surface area contributed by atoms with E-state index in [0.717, 1.165) is 16.7 Å². The Morgan fingerprint density at radius 2 is 1.91 bits per heavy atom. The molecule has 0 saturated carbocycles. The van der Waals surface area contributed by atoms with Crippen LogP contribution >= 0.6 is 0 Å². The summed E-state index contributed by atoms with van der Waals surface area (Å²) in [6, 6.07) is 13.9. The molecule has 7 nitrogen and oxygen atoms in total. The molecule has 0 aromatic heterocycles. The Morgan fingerprint density at radius 1 is 1.20 bits per heavy atom. The molecule has 2 aliphatic rings. The number of benzene rings is 2. The topological polar surface area (TPSA) is 88.1 Å². The molecule has 2 amide bonds. The van der Waals surface area contributed by atoms with Crippen molar-refractivity contribution in [1.82, 2.24) is 10.2 Å². The number of hydrogen-bond acceptors (Lipinski definition) is 5. The maximum Gasteiger partial charge on any atom is 0.408 e. The van der Waals surface area contributed by atoms with Crippen molar-refractivity contribution in [3.05, 3.63) is 71.0 Å². The van der Waals surface area contributed by atoms with Crippen molar-refractivity contribution in [2.24, 2.45) is 0 Å². The number of ether oxygens (including phenoxy) is 2. The van der Waals surface area contributed by atoms with E-state index < -0.39 is 23.3 Å². The third kappa shape index (κ3) is 5.65. The average molecular weight is 485 g/mol. The van der Waals surface area contributed by atoms with Crippen molar-refractivity contribution in [1.29, 1.82) is 0 Å². The van der Waals surface area contributed by atoms with Crippen LogP contribution in [0.2, 0.25) is 0 Å². The van der Waals surface area contributed by atoms with Gasteiger partial charge in [0.1, 0.15) is 17.5 Å². The second-order valence-corrected chi connectivity index (χ2v) is 10.3. The number of alkyl carbamates (subject to hydrolysis) is 1. The number of nitrogens with one attached hydrogen (secondary N) is 1. The first-order chi connectivity index (χ1) is 16.6. The van der Waals surface area contributed by atoms with Gasteiger partial charge >= 0.3 is 6.09 Å². The number of fused-ring (bicyclic) bond motifs is 1. The largest absolute Gasteiger partial charge is 0.444 e. The minimum Gasteiger partial charge on any atom is -0.444 e. The van der Waals surface area contributed by atoms with Crippen molar-refractivity contribution < 1.29 is 28.6 Å². The van der Waals surface area contributed by atoms with Gasteiger partial charge in [0.15, 0.2) is 0 Å². The fourth-order valence-electron chi connectivity index (χ4n) is 4.79. The standard InChI is InChI=1S/C27H33FN2O5/c1-26(2,3)35-25(33)29-27(16-31)14-12-22(34-17-27)24(32)30-15-13-18-6-4-5-7-21(18)23(30)19-8-10-20(28)11-9-19/h4-11,22-23,31H,12-17H2,1-3H3,(H,29,33)/t22-,23+,27-/m1/s1. The SMILES string of the molecule is CC(C)(C)OC(=O)N[C@@]1(CO)CC[C@H](C(=O)N2CCc3ccccc3[C@@H]2c2ccc(F)cc2)OC1. The third-order valence-electron chi connectivity index (χ3n) is 6.54. The molecule has 0 spiro atoms. The lowest BCUT2D eigenvalue weighted by Crippen LogP contribution is -2.60. The van der Waals surface area contributed by atoms with Crippen molar-refractivity contribution >= 4 is 12.0 Å². The fourth-order valence-corrected chi connectivity index (χ4v) is 4.79. The third-order valence-corrected chi connectivity index (χ3v) is 6.54. The fraction of sp³-hybridized carbons (Fsp3) is 0.481. The second kappa shape index (κ2) is 9.95. The number of halogens is 1. The van der Waals surface area contributed by atoms with Gasteiger partial charge in [0.2, 0.25) is 0 Å². The zero-order valence-electron chi connectivity index (χ0n) is 20.4. The molecule has 0 radical (unpaired) electrons. The first-order valence-electron chi connectivity index (χ1n) is 12.0. The monoisotopic (exact) mass is 484 g/mol. The molecular formula is C27H33FN2O5. The van der Waals surface area contributed by atoms with Gasteiger partial charge in [0.25, 0.3) is 5.91 Å². The van der Waals surface area contributed by atoms with E-state index in [2.05, 4.69) is 11.4 Å². The Morgan fingerprint density at radius 3 is 2.54 bits per heavy atom. The van der Waals surface area contributed by atoms with Gasteiger partial charge < -0.3 is 24.8 Å². The van der Waals surface area contributed by atoms with Crippen LogP contribution in [-0.4, -0.2) is 59.0 Å². The molecule has 0 aliphatic carbocycles. The molecule has 0 unspecified atom stereocenters. The first kappa shape index (κ1) is 25.1. The Balaban J connectivity index is 1.51. The van der Waals surface area contributed by atoms with Gasteiger partial charge in [-0.2, -0.15) is 0 Å². The number of carbonyl (C=O) groups is 2. The molecule has 0 bridgehead atoms. The smallest absolute Gasteiger partial charge is 0.408 e. The first-order valence-corrected chi connectivity index (χ1v) is 12.0. The van der Waals surface area contributed by atoms with Crippen LogP contribution < -0.4 is 5.32 Å². The number of hydrogen-bond donors (Lipinski definition) is 2. The molecule has 3 atom stereocenters. The molecule has 1 saturated heterocycles. The molecule has 2 N–H and O–H groups in total. The van der Waals surface area contributed by atoms with Crippen LogP contribution in [0.1, 0.15) is 56.3 Å². The minimum atomic E-state index is -1.01. The highest BCUT2D eigenvalue weighted by atomic mass is 19.1. The molecule has 8 heteroatoms. The molecule has 2 aromatic carbocycles. The lowest BCUT2D eigenvalue weighted by molar-refractivity contribution is -0.153. The molecule has 2 heterocycles. The normalized spacial score (nSPS) is 24.4. The highest BCUT2D eigenvalue weighted by molar-refractivity contribution is 5.82. The van der Waals surface area contributed by atoms with Crippen LogP contribution in [0.5, 0.6) is 0 Å². The van der Waals surface area contributed by atoms with E-state index in [4.69, 9.17) is 9.47 Å². The lowest BCUT2D eigenvalue weighted by Gasteiger charge is -2.43. The van der Waals surface area contributed by atoms with Gasteiger partial charge in [0.05, 0.1) is 24.8 Å². The van der Waals surface area contributed by atoms with Crippen molar-refractivity contribution in [2.75, 3.05) is 19.8 Å². The maximum atomic E-state index is 13.7. The Bertz CT molecular complexity index is 1060. The van der Waals surface area contributed by atoms with Gasteiger partial charge in [-0.25, -0.2) is 9.18 Å². The molecule has 4 rings (SSSR count). The van der Waals surface area contributed by atoms with E-state index in [1.807, 2.05) is 18.2 Å². The average Bonchev–Trinajstić information content (AvgIpc) is 2.83. The van der Waals surface area contributed by atoms with Crippen LogP contribution in [-0.2, 0) is 20.7 Å². The van der Waals surface area contributed by atoms with Crippen LogP contribution in [0.15, 0.2) is 48.5 Å². The molecule has 188 valence electrons. The summed E-state index contributed by atoms with van der Waals surface area (Å²) >= 11 is 0. The van der Waals surface area contributed by atoms with E-state index >= 15 is 0 Å². The summed E-state index contributed by atoms with van der Waals surface area (Å²) in [5, 5.41) is 12.7. The van der Waals surface area contributed by atoms with Gasteiger partial charge in [-0.05, 0) is 68.9 Å². The number of rotatable bonds is 4. The Kier molecular flexibility index (Phi) is 7.15. The lowest BCUT2D eigenvalue weighted by atomic mass is 9.86. The van der Waals surface area contributed by atoms with E-state index in [-0.39, 0.29) is 31.0 Å². The van der Waals surface area contributed by atoms with Gasteiger partial charge in [-0.15, -0.1) is 0 Å². The predicted molar refractivity (Wildman–Crippen MR) is 128 cm³/mol. The van der Waals surface area contributed by atoms with Crippen molar-refractivity contribution in [3.8, 4) is 0 Å². The van der Waals surface area contributed by atoms with E-state index in [1.54, 1.807) is 37.8 Å². The van der Waals surface area contributed by atoms with Crippen LogP contribution in [0, 0.1) is 5.82 Å². The number of aliphatic hydroxyl groups is 1. The zero-order valence-corrected chi connectivity index (χ0v) is 20.4. The Labute approximate surface area is 205 Å². The number of carbonyl (C=O) groups excluding carboxylic acids is 2. The predicted octanol–water partition coefficient (Wildman–Crippen LogP) is 3.73. The van der Waals surface area contributed by atoms with Crippen molar-refractivity contribution in [2.45, 2.75) is 63.3 Å². The van der Waals surface area contributed by atoms with Crippen LogP contribution in [0.25, 0.3) is 0 Å². The van der Waals surface area contributed by atoms with E-state index in [0.29, 0.717) is 25.8 Å². The van der Waals surface area contributed by atoms with Crippen molar-refractivity contribution in [3.63, 3.8) is 0 Å². The van der Waals surface area contributed by atoms with E-state index in [9.17, 15) is 19.1 Å². The molecule has 2 aliphatic heterocycles. The summed E-state index contributed by atoms with van der Waals surface area (Å²) in [6.07, 6.45) is 0.0775. The summed E-state index contributed by atoms with van der Waals surface area (Å²) < 4.78 is 24.9. The summed E-state index contributed by atoms with van der Waals surface area (Å²) in [4.78, 5) is 27.8. The van der Waals surface area contributed by atoms with E-state index in [1.165, 1.54) is 12.1 Å². The Hall–Kier alpha value is -2.97. The molecular weight excluding hydrogens is 451 g/mol. The molecule has 1 fully saturated rings. The highest BCUT2D eigenvalue weighted by Gasteiger charge is 2.43. The second-order valence-electron chi connectivity index (χ2n) is 10.3.